The van der Waals surface area contributed by atoms with Crippen LogP contribution in [0.15, 0.2) is 60.7 Å². The molecule has 0 aliphatic heterocycles. The van der Waals surface area contributed by atoms with Crippen molar-refractivity contribution >= 4 is 0 Å². The van der Waals surface area contributed by atoms with E-state index in [4.69, 9.17) is 4.74 Å². The molecule has 0 amide bonds. The van der Waals surface area contributed by atoms with Gasteiger partial charge < -0.3 is 4.74 Å². The van der Waals surface area contributed by atoms with Crippen molar-refractivity contribution in [1.82, 2.24) is 0 Å². The van der Waals surface area contributed by atoms with Crippen LogP contribution in [0.25, 0.3) is 0 Å². The molecule has 0 atom stereocenters. The van der Waals surface area contributed by atoms with E-state index < -0.39 is 0 Å². The van der Waals surface area contributed by atoms with Crippen LogP contribution in [-0.2, 0) is 17.6 Å². The fraction of sp³-hybridized carbons (Fsp3) is 0.520. The van der Waals surface area contributed by atoms with E-state index in [1.54, 1.807) is 0 Å². The maximum Gasteiger partial charge on any atom is 0.0666 e. The fourth-order valence-corrected chi connectivity index (χ4v) is 3.45. The minimum absolute atomic E-state index is 0.0706. The van der Waals surface area contributed by atoms with Crippen molar-refractivity contribution in [3.63, 3.8) is 0 Å². The summed E-state index contributed by atoms with van der Waals surface area (Å²) in [6.07, 6.45) is 11.4. The van der Waals surface area contributed by atoms with Crippen LogP contribution in [0.2, 0.25) is 0 Å². The van der Waals surface area contributed by atoms with Crippen molar-refractivity contribution in [1.29, 1.82) is 0 Å². The molecule has 1 heteroatoms. The standard InChI is InChI=1S/C25H36O/c1-25(2,22-24-19-13-9-14-20-24)26-21-15-7-5-3-4-6-10-16-23-17-11-8-12-18-23/h8-9,11-14,17-20H,3-7,10,15-16,21-22H2,1-2H3. The zero-order valence-electron chi connectivity index (χ0n) is 16.8. The molecule has 0 aliphatic rings. The second-order valence-electron chi connectivity index (χ2n) is 7.98. The van der Waals surface area contributed by atoms with Crippen LogP contribution in [0.1, 0.15) is 69.9 Å². The first-order chi connectivity index (χ1) is 12.7. The van der Waals surface area contributed by atoms with Crippen LogP contribution in [0.3, 0.4) is 0 Å². The Morgan fingerprint density at radius 3 is 1.73 bits per heavy atom. The summed E-state index contributed by atoms with van der Waals surface area (Å²) in [4.78, 5) is 0. The molecule has 2 aromatic carbocycles. The summed E-state index contributed by atoms with van der Waals surface area (Å²) in [6.45, 7) is 5.29. The second-order valence-corrected chi connectivity index (χ2v) is 7.98. The maximum absolute atomic E-state index is 6.13. The monoisotopic (exact) mass is 352 g/mol. The van der Waals surface area contributed by atoms with E-state index in [1.165, 1.54) is 62.5 Å². The third-order valence-electron chi connectivity index (χ3n) is 4.92. The van der Waals surface area contributed by atoms with E-state index in [-0.39, 0.29) is 5.60 Å². The third-order valence-corrected chi connectivity index (χ3v) is 4.92. The average Bonchev–Trinajstić information content (AvgIpc) is 2.64. The third kappa shape index (κ3) is 9.20. The predicted octanol–water partition coefficient (Wildman–Crippen LogP) is 7.00. The average molecular weight is 353 g/mol. The minimum Gasteiger partial charge on any atom is -0.375 e. The van der Waals surface area contributed by atoms with Gasteiger partial charge in [-0.2, -0.15) is 0 Å². The molecular weight excluding hydrogens is 316 g/mol. The highest BCUT2D eigenvalue weighted by Gasteiger charge is 2.18. The van der Waals surface area contributed by atoms with Gasteiger partial charge in [0, 0.05) is 13.0 Å². The normalized spacial score (nSPS) is 11.6. The number of rotatable bonds is 13. The van der Waals surface area contributed by atoms with Gasteiger partial charge in [-0.1, -0.05) is 92.8 Å². The maximum atomic E-state index is 6.13. The van der Waals surface area contributed by atoms with Crippen LogP contribution in [0, 0.1) is 0 Å². The van der Waals surface area contributed by atoms with E-state index in [0.717, 1.165) is 13.0 Å². The summed E-state index contributed by atoms with van der Waals surface area (Å²) in [6, 6.07) is 21.5. The summed E-state index contributed by atoms with van der Waals surface area (Å²) < 4.78 is 6.13. The number of unbranched alkanes of at least 4 members (excludes halogenated alkanes) is 6. The highest BCUT2D eigenvalue weighted by atomic mass is 16.5. The van der Waals surface area contributed by atoms with Crippen LogP contribution >= 0.6 is 0 Å². The first-order valence-corrected chi connectivity index (χ1v) is 10.4. The van der Waals surface area contributed by atoms with Gasteiger partial charge in [-0.05, 0) is 44.2 Å². The van der Waals surface area contributed by atoms with E-state index in [0.29, 0.717) is 0 Å². The second kappa shape index (κ2) is 11.9. The molecule has 1 nitrogen and oxygen atoms in total. The van der Waals surface area contributed by atoms with Gasteiger partial charge in [-0.3, -0.25) is 0 Å². The minimum atomic E-state index is -0.0706. The van der Waals surface area contributed by atoms with Crippen molar-refractivity contribution in [2.24, 2.45) is 0 Å². The predicted molar refractivity (Wildman–Crippen MR) is 113 cm³/mol. The van der Waals surface area contributed by atoms with E-state index in [1.807, 2.05) is 0 Å². The van der Waals surface area contributed by atoms with Gasteiger partial charge >= 0.3 is 0 Å². The summed E-state index contributed by atoms with van der Waals surface area (Å²) in [5.41, 5.74) is 2.76. The molecule has 0 fully saturated rings. The Balaban J connectivity index is 1.43. The van der Waals surface area contributed by atoms with Crippen molar-refractivity contribution < 1.29 is 4.74 Å². The van der Waals surface area contributed by atoms with Gasteiger partial charge in [0.15, 0.2) is 0 Å². The van der Waals surface area contributed by atoms with Gasteiger partial charge in [0.2, 0.25) is 0 Å². The molecule has 142 valence electrons. The Labute approximate surface area is 160 Å². The largest absolute Gasteiger partial charge is 0.375 e. The zero-order chi connectivity index (χ0) is 18.5. The fourth-order valence-electron chi connectivity index (χ4n) is 3.45. The van der Waals surface area contributed by atoms with Gasteiger partial charge in [0.1, 0.15) is 0 Å². The van der Waals surface area contributed by atoms with Crippen LogP contribution < -0.4 is 0 Å². The number of aryl methyl sites for hydroxylation is 1. The Morgan fingerprint density at radius 1 is 0.615 bits per heavy atom. The zero-order valence-corrected chi connectivity index (χ0v) is 16.8. The van der Waals surface area contributed by atoms with E-state index in [2.05, 4.69) is 74.5 Å². The van der Waals surface area contributed by atoms with Gasteiger partial charge in [-0.15, -0.1) is 0 Å². The van der Waals surface area contributed by atoms with Crippen molar-refractivity contribution in [3.05, 3.63) is 71.8 Å². The van der Waals surface area contributed by atoms with Gasteiger partial charge in [-0.25, -0.2) is 0 Å². The molecule has 2 aromatic rings. The lowest BCUT2D eigenvalue weighted by Gasteiger charge is -2.25. The molecule has 0 saturated carbocycles. The summed E-state index contributed by atoms with van der Waals surface area (Å²) >= 11 is 0. The smallest absolute Gasteiger partial charge is 0.0666 e. The lowest BCUT2D eigenvalue weighted by atomic mass is 9.98. The first kappa shape index (κ1) is 20.7. The topological polar surface area (TPSA) is 9.23 Å². The summed E-state index contributed by atoms with van der Waals surface area (Å²) in [5, 5.41) is 0. The summed E-state index contributed by atoms with van der Waals surface area (Å²) in [5.74, 6) is 0. The molecule has 0 radical (unpaired) electrons. The van der Waals surface area contributed by atoms with E-state index >= 15 is 0 Å². The highest BCUT2D eigenvalue weighted by Crippen LogP contribution is 2.18. The molecule has 0 N–H and O–H groups in total. The Kier molecular flexibility index (Phi) is 9.48. The first-order valence-electron chi connectivity index (χ1n) is 10.4. The molecular formula is C25H36O. The lowest BCUT2D eigenvalue weighted by Crippen LogP contribution is -2.27. The summed E-state index contributed by atoms with van der Waals surface area (Å²) in [7, 11) is 0. The molecule has 0 saturated heterocycles. The van der Waals surface area contributed by atoms with Crippen molar-refractivity contribution in [2.75, 3.05) is 6.61 Å². The molecule has 0 bridgehead atoms. The molecule has 0 aromatic heterocycles. The van der Waals surface area contributed by atoms with Gasteiger partial charge in [0.05, 0.1) is 5.60 Å². The quantitative estimate of drug-likeness (QED) is 0.353. The molecule has 0 aliphatic carbocycles. The SMILES string of the molecule is CC(C)(Cc1ccccc1)OCCCCCCCCCc1ccccc1. The number of hydrogen-bond acceptors (Lipinski definition) is 1. The van der Waals surface area contributed by atoms with Crippen molar-refractivity contribution in [3.8, 4) is 0 Å². The number of ether oxygens (including phenoxy) is 1. The van der Waals surface area contributed by atoms with E-state index in [9.17, 15) is 0 Å². The van der Waals surface area contributed by atoms with Crippen LogP contribution in [-0.4, -0.2) is 12.2 Å². The Morgan fingerprint density at radius 2 is 1.12 bits per heavy atom. The number of hydrogen-bond donors (Lipinski definition) is 0. The molecule has 0 spiro atoms. The lowest BCUT2D eigenvalue weighted by molar-refractivity contribution is -0.0187. The molecule has 0 unspecified atom stereocenters. The highest BCUT2D eigenvalue weighted by molar-refractivity contribution is 5.16. The molecule has 2 rings (SSSR count). The Bertz CT molecular complexity index is 574. The number of benzene rings is 2. The Hall–Kier alpha value is -1.60. The van der Waals surface area contributed by atoms with Crippen LogP contribution in [0.5, 0.6) is 0 Å². The molecule has 0 heterocycles. The van der Waals surface area contributed by atoms with Crippen LogP contribution in [0.4, 0.5) is 0 Å². The van der Waals surface area contributed by atoms with Gasteiger partial charge in [0.25, 0.3) is 0 Å². The molecule has 26 heavy (non-hydrogen) atoms. The van der Waals surface area contributed by atoms with Crippen molar-refractivity contribution in [2.45, 2.75) is 77.2 Å².